The molecule has 0 fully saturated rings. The molecule has 0 atom stereocenters. The van der Waals surface area contributed by atoms with Gasteiger partial charge in [0, 0.05) is 12.1 Å². The van der Waals surface area contributed by atoms with E-state index in [0.717, 1.165) is 11.1 Å². The smallest absolute Gasteiger partial charge is 0.128 e. The molecule has 1 nitrogen and oxygen atoms in total. The summed E-state index contributed by atoms with van der Waals surface area (Å²) in [6.07, 6.45) is 0. The largest absolute Gasteiger partial charge is 0.326 e. The monoisotopic (exact) mass is 207 g/mol. The zero-order chi connectivity index (χ0) is 9.97. The Kier molecular flexibility index (Phi) is 2.61. The fourth-order valence-electron chi connectivity index (χ4n) is 1.45. The van der Waals surface area contributed by atoms with Crippen molar-refractivity contribution in [1.29, 1.82) is 0 Å². The molecule has 1 heterocycles. The molecular weight excluding hydrogens is 197 g/mol. The summed E-state index contributed by atoms with van der Waals surface area (Å²) < 4.78 is 13.4. The normalized spacial score (nSPS) is 10.4. The Morgan fingerprint density at radius 1 is 1.29 bits per heavy atom. The van der Waals surface area contributed by atoms with E-state index in [2.05, 4.69) is 0 Å². The molecule has 0 aliphatic carbocycles. The van der Waals surface area contributed by atoms with Crippen LogP contribution in [0.5, 0.6) is 0 Å². The van der Waals surface area contributed by atoms with Gasteiger partial charge in [0.1, 0.15) is 5.82 Å². The third kappa shape index (κ3) is 1.56. The lowest BCUT2D eigenvalue weighted by atomic mass is 10.0. The van der Waals surface area contributed by atoms with E-state index in [-0.39, 0.29) is 12.4 Å². The Morgan fingerprint density at radius 2 is 2.14 bits per heavy atom. The fourth-order valence-corrected chi connectivity index (χ4v) is 2.11. The standard InChI is InChI=1S/C11H10FNS/c12-11-3-1-2-9(10(11)6-13)8-4-5-14-7-8/h1-5,7H,6,13H2. The summed E-state index contributed by atoms with van der Waals surface area (Å²) >= 11 is 1.60. The molecule has 0 bridgehead atoms. The molecule has 2 N–H and O–H groups in total. The molecule has 0 aliphatic rings. The Hall–Kier alpha value is -1.19. The first-order valence-electron chi connectivity index (χ1n) is 4.33. The molecule has 2 rings (SSSR count). The summed E-state index contributed by atoms with van der Waals surface area (Å²) in [6.45, 7) is 0.234. The van der Waals surface area contributed by atoms with Gasteiger partial charge in [0.05, 0.1) is 0 Å². The van der Waals surface area contributed by atoms with Crippen molar-refractivity contribution in [2.24, 2.45) is 5.73 Å². The summed E-state index contributed by atoms with van der Waals surface area (Å²) in [5.41, 5.74) is 8.04. The summed E-state index contributed by atoms with van der Waals surface area (Å²) in [7, 11) is 0. The van der Waals surface area contributed by atoms with Crippen LogP contribution in [0.3, 0.4) is 0 Å². The molecule has 0 amide bonds. The van der Waals surface area contributed by atoms with Crippen molar-refractivity contribution in [3.63, 3.8) is 0 Å². The van der Waals surface area contributed by atoms with E-state index in [1.807, 2.05) is 22.9 Å². The number of hydrogen-bond donors (Lipinski definition) is 1. The van der Waals surface area contributed by atoms with Crippen LogP contribution >= 0.6 is 11.3 Å². The molecule has 0 aliphatic heterocycles. The molecule has 0 radical (unpaired) electrons. The highest BCUT2D eigenvalue weighted by molar-refractivity contribution is 7.08. The average molecular weight is 207 g/mol. The van der Waals surface area contributed by atoms with Gasteiger partial charge >= 0.3 is 0 Å². The minimum atomic E-state index is -0.226. The first kappa shape index (κ1) is 9.37. The zero-order valence-electron chi connectivity index (χ0n) is 7.53. The fraction of sp³-hybridized carbons (Fsp3) is 0.0909. The lowest BCUT2D eigenvalue weighted by Gasteiger charge is -2.06. The maximum atomic E-state index is 13.4. The summed E-state index contributed by atoms with van der Waals surface area (Å²) in [5, 5.41) is 3.97. The van der Waals surface area contributed by atoms with Crippen LogP contribution in [0, 0.1) is 5.82 Å². The van der Waals surface area contributed by atoms with E-state index in [9.17, 15) is 4.39 Å². The van der Waals surface area contributed by atoms with Gasteiger partial charge in [-0.1, -0.05) is 12.1 Å². The van der Waals surface area contributed by atoms with Crippen LogP contribution in [0.4, 0.5) is 4.39 Å². The lowest BCUT2D eigenvalue weighted by Crippen LogP contribution is -2.01. The second kappa shape index (κ2) is 3.90. The molecule has 2 aromatic rings. The zero-order valence-corrected chi connectivity index (χ0v) is 8.35. The van der Waals surface area contributed by atoms with Gasteiger partial charge in [0.15, 0.2) is 0 Å². The maximum Gasteiger partial charge on any atom is 0.128 e. The second-order valence-corrected chi connectivity index (χ2v) is 3.76. The third-order valence-electron chi connectivity index (χ3n) is 2.16. The molecule has 1 aromatic carbocycles. The third-order valence-corrected chi connectivity index (χ3v) is 2.84. The molecule has 1 aromatic heterocycles. The molecule has 0 saturated heterocycles. The Bertz CT molecular complexity index is 423. The van der Waals surface area contributed by atoms with Crippen molar-refractivity contribution in [3.8, 4) is 11.1 Å². The van der Waals surface area contributed by atoms with Gasteiger partial charge < -0.3 is 5.73 Å². The molecule has 72 valence electrons. The van der Waals surface area contributed by atoms with Crippen LogP contribution in [0.25, 0.3) is 11.1 Å². The van der Waals surface area contributed by atoms with E-state index in [4.69, 9.17) is 5.73 Å². The minimum absolute atomic E-state index is 0.226. The number of halogens is 1. The van der Waals surface area contributed by atoms with Gasteiger partial charge in [-0.3, -0.25) is 0 Å². The van der Waals surface area contributed by atoms with Crippen molar-refractivity contribution in [2.45, 2.75) is 6.54 Å². The van der Waals surface area contributed by atoms with E-state index in [0.29, 0.717) is 5.56 Å². The van der Waals surface area contributed by atoms with E-state index in [1.165, 1.54) is 6.07 Å². The molecule has 3 heteroatoms. The molecule has 0 saturated carbocycles. The molecule has 0 spiro atoms. The Labute approximate surface area is 86.0 Å². The number of nitrogens with two attached hydrogens (primary N) is 1. The van der Waals surface area contributed by atoms with E-state index >= 15 is 0 Å². The van der Waals surface area contributed by atoms with Gasteiger partial charge in [-0.25, -0.2) is 4.39 Å². The van der Waals surface area contributed by atoms with Gasteiger partial charge in [-0.05, 0) is 34.0 Å². The minimum Gasteiger partial charge on any atom is -0.326 e. The average Bonchev–Trinajstić information content (AvgIpc) is 2.70. The number of hydrogen-bond acceptors (Lipinski definition) is 2. The summed E-state index contributed by atoms with van der Waals surface area (Å²) in [4.78, 5) is 0. The topological polar surface area (TPSA) is 26.0 Å². The number of benzene rings is 1. The number of rotatable bonds is 2. The lowest BCUT2D eigenvalue weighted by molar-refractivity contribution is 0.611. The highest BCUT2D eigenvalue weighted by atomic mass is 32.1. The quantitative estimate of drug-likeness (QED) is 0.804. The van der Waals surface area contributed by atoms with Gasteiger partial charge in [-0.15, -0.1) is 0 Å². The molecular formula is C11H10FNS. The van der Waals surface area contributed by atoms with Gasteiger partial charge in [0.2, 0.25) is 0 Å². The highest BCUT2D eigenvalue weighted by Gasteiger charge is 2.08. The highest BCUT2D eigenvalue weighted by Crippen LogP contribution is 2.27. The van der Waals surface area contributed by atoms with Crippen LogP contribution in [-0.4, -0.2) is 0 Å². The second-order valence-electron chi connectivity index (χ2n) is 2.98. The predicted octanol–water partition coefficient (Wildman–Crippen LogP) is 3.01. The Balaban J connectivity index is 2.58. The SMILES string of the molecule is NCc1c(F)cccc1-c1ccsc1. The summed E-state index contributed by atoms with van der Waals surface area (Å²) in [6, 6.07) is 7.02. The van der Waals surface area contributed by atoms with Crippen LogP contribution < -0.4 is 5.73 Å². The summed E-state index contributed by atoms with van der Waals surface area (Å²) in [5.74, 6) is -0.226. The number of thiophene rings is 1. The van der Waals surface area contributed by atoms with Crippen LogP contribution in [0.1, 0.15) is 5.56 Å². The van der Waals surface area contributed by atoms with Crippen LogP contribution in [0.15, 0.2) is 35.0 Å². The van der Waals surface area contributed by atoms with Crippen molar-refractivity contribution < 1.29 is 4.39 Å². The Morgan fingerprint density at radius 3 is 2.79 bits per heavy atom. The molecule has 0 unspecified atom stereocenters. The van der Waals surface area contributed by atoms with Crippen molar-refractivity contribution >= 4 is 11.3 Å². The first-order valence-corrected chi connectivity index (χ1v) is 5.27. The van der Waals surface area contributed by atoms with Crippen LogP contribution in [-0.2, 0) is 6.54 Å². The molecule has 14 heavy (non-hydrogen) atoms. The van der Waals surface area contributed by atoms with Gasteiger partial charge in [0.25, 0.3) is 0 Å². The van der Waals surface area contributed by atoms with E-state index < -0.39 is 0 Å². The predicted molar refractivity (Wildman–Crippen MR) is 57.6 cm³/mol. The van der Waals surface area contributed by atoms with Crippen LogP contribution in [0.2, 0.25) is 0 Å². The van der Waals surface area contributed by atoms with Crippen molar-refractivity contribution in [3.05, 3.63) is 46.4 Å². The van der Waals surface area contributed by atoms with Gasteiger partial charge in [-0.2, -0.15) is 11.3 Å². The van der Waals surface area contributed by atoms with Crippen molar-refractivity contribution in [2.75, 3.05) is 0 Å². The first-order chi connectivity index (χ1) is 6.83. The maximum absolute atomic E-state index is 13.4. The van der Waals surface area contributed by atoms with Crippen molar-refractivity contribution in [1.82, 2.24) is 0 Å². The van der Waals surface area contributed by atoms with E-state index in [1.54, 1.807) is 17.4 Å².